The third kappa shape index (κ3) is 4.45. The number of benzene rings is 2. The molecule has 0 aromatic heterocycles. The number of Topliss-reactive ketones (excluding diaryl/α,β-unsaturated/α-hetero) is 1. The summed E-state index contributed by atoms with van der Waals surface area (Å²) in [7, 11) is 1.32. The molecule has 0 saturated carbocycles. The van der Waals surface area contributed by atoms with Crippen molar-refractivity contribution in [1.82, 2.24) is 0 Å². The predicted molar refractivity (Wildman–Crippen MR) is 132 cm³/mol. The third-order valence-electron chi connectivity index (χ3n) is 7.81. The number of hydrogen-bond acceptors (Lipinski definition) is 12. The molecule has 1 fully saturated rings. The molecule has 6 atom stereocenters. The molecule has 0 amide bonds. The molecule has 216 valence electrons. The zero-order chi connectivity index (χ0) is 28.4. The zero-order valence-corrected chi connectivity index (χ0v) is 22.3. The van der Waals surface area contributed by atoms with E-state index >= 15 is 0 Å². The van der Waals surface area contributed by atoms with Crippen LogP contribution in [-0.2, 0) is 20.7 Å². The van der Waals surface area contributed by atoms with Gasteiger partial charge in [-0.15, -0.1) is 0 Å². The maximum Gasteiger partial charge on any atom is 0.202 e. The average Bonchev–Trinajstić information content (AvgIpc) is 2.90. The fourth-order valence-corrected chi connectivity index (χ4v) is 5.75. The Balaban J connectivity index is 0.00000370. The lowest BCUT2D eigenvalue weighted by molar-refractivity contribution is -0.247. The van der Waals surface area contributed by atoms with E-state index in [4.69, 9.17) is 19.9 Å². The lowest BCUT2D eigenvalue weighted by atomic mass is 9.72. The largest absolute Gasteiger partial charge is 1.00 e. The molecule has 13 heteroatoms. The van der Waals surface area contributed by atoms with E-state index in [-0.39, 0.29) is 46.8 Å². The van der Waals surface area contributed by atoms with Crippen molar-refractivity contribution in [1.29, 1.82) is 0 Å². The van der Waals surface area contributed by atoms with Crippen LogP contribution < -0.4 is 22.9 Å². The molecule has 0 bridgehead atoms. The molecule has 1 saturated heterocycles. The molecule has 0 radical (unpaired) electrons. The molecule has 5 rings (SSSR count). The Bertz CT molecular complexity index is 1380. The summed E-state index contributed by atoms with van der Waals surface area (Å²) in [4.78, 5) is 39.7. The van der Waals surface area contributed by atoms with Crippen LogP contribution in [0.4, 0.5) is 0 Å². The van der Waals surface area contributed by atoms with Crippen LogP contribution in [0.1, 0.15) is 68.8 Å². The second kappa shape index (κ2) is 10.7. The molecule has 1 heterocycles. The number of phenolic OH excluding ortho intramolecular Hbond substituents is 2. The Kier molecular flexibility index (Phi) is 8.00. The minimum absolute atomic E-state index is 0. The van der Waals surface area contributed by atoms with Gasteiger partial charge in [-0.25, -0.2) is 0 Å². The van der Waals surface area contributed by atoms with Crippen molar-refractivity contribution in [3.8, 4) is 17.2 Å². The van der Waals surface area contributed by atoms with Gasteiger partial charge in [-0.1, -0.05) is 12.1 Å². The first-order valence-corrected chi connectivity index (χ1v) is 12.4. The fourth-order valence-electron chi connectivity index (χ4n) is 5.75. The number of ether oxygens (including phenoxy) is 3. The van der Waals surface area contributed by atoms with Gasteiger partial charge in [-0.05, 0) is 13.0 Å². The molecular formula is C27H29ClNO11-. The highest BCUT2D eigenvalue weighted by molar-refractivity contribution is 6.31. The minimum Gasteiger partial charge on any atom is -1.00 e. The first-order chi connectivity index (χ1) is 18.4. The summed E-state index contributed by atoms with van der Waals surface area (Å²) in [5.41, 5.74) is 2.37. The van der Waals surface area contributed by atoms with Crippen LogP contribution in [0.5, 0.6) is 17.2 Å². The molecular weight excluding hydrogens is 550 g/mol. The maximum absolute atomic E-state index is 13.6. The summed E-state index contributed by atoms with van der Waals surface area (Å²) in [6.07, 6.45) is -5.12. The molecule has 7 N–H and O–H groups in total. The van der Waals surface area contributed by atoms with Crippen molar-refractivity contribution < 1.29 is 66.5 Å². The standard InChI is InChI=1S/C27H29NO11.ClH/c1-10-22(31)13(28)6-17(38-10)39-15-8-27(36,16(30)9-29)7-12-19(15)26(35)21-20(24(12)33)23(32)11-4-3-5-14(37-2)18(11)25(21)34;/h3-5,10,13,15,17,22,29,31,33,35-36H,6-9,28H2,1-2H3;1H/p-1/t10?,13?,15?,17-,22?,27-;/m0./s1. The lowest BCUT2D eigenvalue weighted by Gasteiger charge is -2.42. The number of hydrogen-bond donors (Lipinski definition) is 6. The van der Waals surface area contributed by atoms with Crippen molar-refractivity contribution in [2.45, 2.75) is 62.4 Å². The summed E-state index contributed by atoms with van der Waals surface area (Å²) in [5, 5.41) is 53.7. The van der Waals surface area contributed by atoms with E-state index in [9.17, 15) is 39.9 Å². The summed E-state index contributed by atoms with van der Waals surface area (Å²) < 4.78 is 17.0. The van der Waals surface area contributed by atoms with Crippen molar-refractivity contribution in [2.24, 2.45) is 5.73 Å². The highest BCUT2D eigenvalue weighted by Gasteiger charge is 2.50. The van der Waals surface area contributed by atoms with Gasteiger partial charge in [0.15, 0.2) is 17.9 Å². The second-order valence-corrected chi connectivity index (χ2v) is 10.2. The van der Waals surface area contributed by atoms with Gasteiger partial charge in [-0.3, -0.25) is 14.4 Å². The number of methoxy groups -OCH3 is 1. The normalized spacial score (nSPS) is 29.1. The number of halogens is 1. The molecule has 0 spiro atoms. The van der Waals surface area contributed by atoms with E-state index < -0.39 is 95.7 Å². The Hall–Kier alpha value is -3.10. The van der Waals surface area contributed by atoms with Crippen molar-refractivity contribution in [3.63, 3.8) is 0 Å². The van der Waals surface area contributed by atoms with Gasteiger partial charge in [0, 0.05) is 42.0 Å². The van der Waals surface area contributed by atoms with Crippen LogP contribution in [0.25, 0.3) is 0 Å². The van der Waals surface area contributed by atoms with Gasteiger partial charge in [-0.2, -0.15) is 0 Å². The van der Waals surface area contributed by atoms with Crippen LogP contribution in [0.15, 0.2) is 18.2 Å². The number of aliphatic hydroxyl groups is 3. The SMILES string of the molecule is COc1cccc2c1C(=O)c1c(O)c3c(c(O)c1C2=O)C[C@@](O)(C(=O)CO)CC3O[C@H]1CC(N)C(O)C(C)O1.[Cl-]. The molecule has 12 nitrogen and oxygen atoms in total. The van der Waals surface area contributed by atoms with Crippen LogP contribution in [-0.4, -0.2) is 86.7 Å². The van der Waals surface area contributed by atoms with Crippen molar-refractivity contribution in [3.05, 3.63) is 51.6 Å². The molecule has 2 aromatic carbocycles. The lowest BCUT2D eigenvalue weighted by Crippen LogP contribution is -3.00. The Morgan fingerprint density at radius 3 is 2.45 bits per heavy atom. The number of aliphatic hydroxyl groups excluding tert-OH is 2. The van der Waals surface area contributed by atoms with Crippen LogP contribution in [0.3, 0.4) is 0 Å². The topological polar surface area (TPSA) is 206 Å². The number of fused-ring (bicyclic) bond motifs is 3. The van der Waals surface area contributed by atoms with E-state index in [1.165, 1.54) is 25.3 Å². The van der Waals surface area contributed by atoms with Crippen molar-refractivity contribution >= 4 is 17.3 Å². The average molecular weight is 579 g/mol. The second-order valence-electron chi connectivity index (χ2n) is 10.2. The Morgan fingerprint density at radius 2 is 1.82 bits per heavy atom. The summed E-state index contributed by atoms with van der Waals surface area (Å²) in [6, 6.07) is 3.64. The third-order valence-corrected chi connectivity index (χ3v) is 7.81. The first-order valence-electron chi connectivity index (χ1n) is 12.4. The van der Waals surface area contributed by atoms with Crippen LogP contribution >= 0.6 is 0 Å². The van der Waals surface area contributed by atoms with E-state index in [1.807, 2.05) is 0 Å². The first kappa shape index (κ1) is 29.9. The van der Waals surface area contributed by atoms with Crippen LogP contribution in [0.2, 0.25) is 0 Å². The van der Waals surface area contributed by atoms with Gasteiger partial charge >= 0.3 is 0 Å². The number of aromatic hydroxyl groups is 2. The van der Waals surface area contributed by atoms with E-state index in [0.717, 1.165) is 0 Å². The van der Waals surface area contributed by atoms with Gasteiger partial charge in [0.2, 0.25) is 5.78 Å². The Morgan fingerprint density at radius 1 is 1.15 bits per heavy atom. The number of phenols is 2. The highest BCUT2D eigenvalue weighted by Crippen LogP contribution is 2.52. The van der Waals surface area contributed by atoms with Gasteiger partial charge in [0.25, 0.3) is 0 Å². The smallest absolute Gasteiger partial charge is 0.202 e. The molecule has 2 aromatic rings. The summed E-state index contributed by atoms with van der Waals surface area (Å²) in [6.45, 7) is 0.560. The number of ketones is 3. The summed E-state index contributed by atoms with van der Waals surface area (Å²) >= 11 is 0. The zero-order valence-electron chi connectivity index (χ0n) is 21.6. The molecule has 1 aliphatic heterocycles. The maximum atomic E-state index is 13.6. The van der Waals surface area contributed by atoms with E-state index in [0.29, 0.717) is 0 Å². The molecule has 3 aliphatic rings. The molecule has 2 aliphatic carbocycles. The van der Waals surface area contributed by atoms with Gasteiger partial charge in [0.1, 0.15) is 29.5 Å². The number of carbonyl (C=O) groups excluding carboxylic acids is 3. The fraction of sp³-hybridized carbons (Fsp3) is 0.444. The number of rotatable bonds is 5. The van der Waals surface area contributed by atoms with Gasteiger partial charge < -0.3 is 57.9 Å². The monoisotopic (exact) mass is 578 g/mol. The number of carbonyl (C=O) groups is 3. The quantitative estimate of drug-likeness (QED) is 0.168. The Labute approximate surface area is 234 Å². The van der Waals surface area contributed by atoms with Gasteiger partial charge in [0.05, 0.1) is 42.1 Å². The van der Waals surface area contributed by atoms with Crippen molar-refractivity contribution in [2.75, 3.05) is 13.7 Å². The summed E-state index contributed by atoms with van der Waals surface area (Å²) in [5.74, 6) is -3.77. The predicted octanol–water partition coefficient (Wildman–Crippen LogP) is -2.99. The van der Waals surface area contributed by atoms with E-state index in [1.54, 1.807) is 6.92 Å². The van der Waals surface area contributed by atoms with E-state index in [2.05, 4.69) is 0 Å². The molecule has 40 heavy (non-hydrogen) atoms. The minimum atomic E-state index is -2.24. The number of nitrogens with two attached hydrogens (primary N) is 1. The molecule has 4 unspecified atom stereocenters. The highest BCUT2D eigenvalue weighted by atomic mass is 35.5. The van der Waals surface area contributed by atoms with Crippen LogP contribution in [0, 0.1) is 0 Å².